The summed E-state index contributed by atoms with van der Waals surface area (Å²) in [5.41, 5.74) is 2.71. The van der Waals surface area contributed by atoms with Crippen LogP contribution in [0.3, 0.4) is 0 Å². The molecule has 1 spiro atoms. The van der Waals surface area contributed by atoms with E-state index >= 15 is 0 Å². The molecule has 0 aliphatic carbocycles. The fraction of sp³-hybridized carbons (Fsp3) is 0.684. The van der Waals surface area contributed by atoms with Gasteiger partial charge in [-0.15, -0.1) is 0 Å². The number of carbonyl (C=O) groups is 1. The summed E-state index contributed by atoms with van der Waals surface area (Å²) in [5.74, 6) is 0.748. The van der Waals surface area contributed by atoms with Crippen LogP contribution in [0.25, 0.3) is 0 Å². The Hall–Kier alpha value is -1.46. The lowest BCUT2D eigenvalue weighted by molar-refractivity contribution is -0.0751. The maximum absolute atomic E-state index is 12.8. The van der Waals surface area contributed by atoms with Crippen LogP contribution in [-0.4, -0.2) is 66.1 Å². The van der Waals surface area contributed by atoms with Gasteiger partial charge >= 0.3 is 0 Å². The van der Waals surface area contributed by atoms with Crippen molar-refractivity contribution in [3.63, 3.8) is 0 Å². The van der Waals surface area contributed by atoms with Crippen molar-refractivity contribution < 1.29 is 9.53 Å². The number of aryl methyl sites for hydroxylation is 2. The van der Waals surface area contributed by atoms with Gasteiger partial charge in [0.25, 0.3) is 5.91 Å². The fourth-order valence-electron chi connectivity index (χ4n) is 4.15. The van der Waals surface area contributed by atoms with E-state index in [-0.39, 0.29) is 11.4 Å². The highest BCUT2D eigenvalue weighted by atomic mass is 16.5. The SMILES string of the molecule is CCOCC1CCN(C)C2(C1)CN(C(=O)c1cc(C)nc(C)c1)C2. The van der Waals surface area contributed by atoms with Gasteiger partial charge in [0.1, 0.15) is 0 Å². The number of hydrogen-bond donors (Lipinski definition) is 0. The monoisotopic (exact) mass is 331 g/mol. The zero-order valence-electron chi connectivity index (χ0n) is 15.3. The minimum absolute atomic E-state index is 0.134. The van der Waals surface area contributed by atoms with Gasteiger partial charge in [-0.05, 0) is 65.3 Å². The zero-order chi connectivity index (χ0) is 17.3. The van der Waals surface area contributed by atoms with Crippen LogP contribution in [0, 0.1) is 19.8 Å². The smallest absolute Gasteiger partial charge is 0.254 e. The van der Waals surface area contributed by atoms with Crippen LogP contribution in [0.2, 0.25) is 0 Å². The van der Waals surface area contributed by atoms with Crippen LogP contribution >= 0.6 is 0 Å². The van der Waals surface area contributed by atoms with Gasteiger partial charge in [-0.1, -0.05) is 0 Å². The van der Waals surface area contributed by atoms with Gasteiger partial charge < -0.3 is 9.64 Å². The van der Waals surface area contributed by atoms with E-state index in [1.54, 1.807) is 0 Å². The summed E-state index contributed by atoms with van der Waals surface area (Å²) in [4.78, 5) is 21.6. The zero-order valence-corrected chi connectivity index (χ0v) is 15.3. The Morgan fingerprint density at radius 3 is 2.62 bits per heavy atom. The lowest BCUT2D eigenvalue weighted by Gasteiger charge is -2.58. The first-order valence-electron chi connectivity index (χ1n) is 8.97. The molecule has 1 unspecified atom stereocenters. The molecule has 2 aliphatic heterocycles. The number of amides is 1. The predicted molar refractivity (Wildman–Crippen MR) is 94.2 cm³/mol. The molecule has 0 N–H and O–H groups in total. The van der Waals surface area contributed by atoms with Crippen molar-refractivity contribution >= 4 is 5.91 Å². The summed E-state index contributed by atoms with van der Waals surface area (Å²) in [6, 6.07) is 3.78. The molecule has 2 fully saturated rings. The van der Waals surface area contributed by atoms with Crippen molar-refractivity contribution in [3.05, 3.63) is 29.1 Å². The summed E-state index contributed by atoms with van der Waals surface area (Å²) < 4.78 is 5.63. The van der Waals surface area contributed by atoms with E-state index in [4.69, 9.17) is 4.74 Å². The fourth-order valence-corrected chi connectivity index (χ4v) is 4.15. The van der Waals surface area contributed by atoms with Gasteiger partial charge in [0.15, 0.2) is 0 Å². The normalized spacial score (nSPS) is 23.3. The van der Waals surface area contributed by atoms with E-state index in [9.17, 15) is 4.79 Å². The molecule has 2 saturated heterocycles. The molecule has 132 valence electrons. The van der Waals surface area contributed by atoms with Crippen LogP contribution in [0.5, 0.6) is 0 Å². The molecule has 1 atom stereocenters. The van der Waals surface area contributed by atoms with E-state index in [1.165, 1.54) is 6.42 Å². The largest absolute Gasteiger partial charge is 0.381 e. The average Bonchev–Trinajstić information content (AvgIpc) is 2.50. The van der Waals surface area contributed by atoms with E-state index in [2.05, 4.69) is 16.9 Å². The highest BCUT2D eigenvalue weighted by Gasteiger charge is 2.50. The molecule has 0 aromatic carbocycles. The molecule has 3 heterocycles. The Balaban J connectivity index is 1.65. The first-order chi connectivity index (χ1) is 11.4. The topological polar surface area (TPSA) is 45.7 Å². The van der Waals surface area contributed by atoms with E-state index in [0.29, 0.717) is 5.92 Å². The lowest BCUT2D eigenvalue weighted by atomic mass is 9.75. The molecule has 1 aromatic rings. The molecule has 0 saturated carbocycles. The number of pyridine rings is 1. The molecule has 0 bridgehead atoms. The summed E-state index contributed by atoms with van der Waals surface area (Å²) in [5, 5.41) is 0. The van der Waals surface area contributed by atoms with Crippen LogP contribution in [0.1, 0.15) is 41.5 Å². The van der Waals surface area contributed by atoms with Gasteiger partial charge in [-0.2, -0.15) is 0 Å². The average molecular weight is 331 g/mol. The summed E-state index contributed by atoms with van der Waals surface area (Å²) in [6.45, 7) is 10.3. The predicted octanol–water partition coefficient (Wildman–Crippen LogP) is 2.27. The number of hydrogen-bond acceptors (Lipinski definition) is 4. The van der Waals surface area contributed by atoms with Crippen molar-refractivity contribution in [1.29, 1.82) is 0 Å². The summed E-state index contributed by atoms with van der Waals surface area (Å²) >= 11 is 0. The number of likely N-dealkylation sites (N-methyl/N-ethyl adjacent to an activating group) is 1. The highest BCUT2D eigenvalue weighted by molar-refractivity contribution is 5.95. The van der Waals surface area contributed by atoms with E-state index in [1.807, 2.05) is 37.8 Å². The summed E-state index contributed by atoms with van der Waals surface area (Å²) in [7, 11) is 2.19. The first-order valence-corrected chi connectivity index (χ1v) is 8.97. The molecule has 5 heteroatoms. The van der Waals surface area contributed by atoms with Crippen molar-refractivity contribution in [1.82, 2.24) is 14.8 Å². The molecular formula is C19H29N3O2. The quantitative estimate of drug-likeness (QED) is 0.849. The number of likely N-dealkylation sites (tertiary alicyclic amines) is 2. The Morgan fingerprint density at radius 1 is 1.33 bits per heavy atom. The molecular weight excluding hydrogens is 302 g/mol. The Bertz CT molecular complexity index is 588. The number of carbonyl (C=O) groups excluding carboxylic acids is 1. The standard InChI is InChI=1S/C19H29N3O2/c1-5-24-11-16-6-7-21(4)19(10-16)12-22(13-19)18(23)17-8-14(2)20-15(3)9-17/h8-9,16H,5-7,10-13H2,1-4H3. The van der Waals surface area contributed by atoms with Crippen LogP contribution < -0.4 is 0 Å². The third-order valence-corrected chi connectivity index (χ3v) is 5.49. The Kier molecular flexibility index (Phi) is 4.92. The molecule has 5 nitrogen and oxygen atoms in total. The van der Waals surface area contributed by atoms with Gasteiger partial charge in [0.05, 0.1) is 5.54 Å². The van der Waals surface area contributed by atoms with Gasteiger partial charge in [-0.25, -0.2) is 0 Å². The third-order valence-electron chi connectivity index (χ3n) is 5.49. The van der Waals surface area contributed by atoms with Crippen molar-refractivity contribution in [2.24, 2.45) is 5.92 Å². The number of nitrogens with zero attached hydrogens (tertiary/aromatic N) is 3. The number of rotatable bonds is 4. The number of ether oxygens (including phenoxy) is 1. The first kappa shape index (κ1) is 17.4. The number of piperidine rings is 1. The van der Waals surface area contributed by atoms with Gasteiger partial charge in [-0.3, -0.25) is 14.7 Å². The Morgan fingerprint density at radius 2 is 2.00 bits per heavy atom. The molecule has 0 radical (unpaired) electrons. The Labute approximate surface area is 145 Å². The third kappa shape index (κ3) is 3.33. The van der Waals surface area contributed by atoms with E-state index in [0.717, 1.165) is 56.2 Å². The van der Waals surface area contributed by atoms with Crippen LogP contribution in [0.15, 0.2) is 12.1 Å². The molecule has 1 aromatic heterocycles. The second-order valence-corrected chi connectivity index (χ2v) is 7.46. The molecule has 1 amide bonds. The summed E-state index contributed by atoms with van der Waals surface area (Å²) in [6.07, 6.45) is 2.32. The second-order valence-electron chi connectivity index (χ2n) is 7.46. The van der Waals surface area contributed by atoms with Gasteiger partial charge in [0.2, 0.25) is 0 Å². The minimum Gasteiger partial charge on any atom is -0.381 e. The van der Waals surface area contributed by atoms with Crippen molar-refractivity contribution in [3.8, 4) is 0 Å². The van der Waals surface area contributed by atoms with E-state index < -0.39 is 0 Å². The second kappa shape index (κ2) is 6.81. The highest BCUT2D eigenvalue weighted by Crippen LogP contribution is 2.38. The van der Waals surface area contributed by atoms with Crippen LogP contribution in [-0.2, 0) is 4.74 Å². The maximum atomic E-state index is 12.8. The maximum Gasteiger partial charge on any atom is 0.254 e. The minimum atomic E-state index is 0.134. The van der Waals surface area contributed by atoms with Gasteiger partial charge in [0, 0.05) is 43.3 Å². The number of aromatic nitrogens is 1. The lowest BCUT2D eigenvalue weighted by Crippen LogP contribution is -2.72. The molecule has 2 aliphatic rings. The van der Waals surface area contributed by atoms with Crippen molar-refractivity contribution in [2.75, 3.05) is 39.9 Å². The van der Waals surface area contributed by atoms with Crippen molar-refractivity contribution in [2.45, 2.75) is 39.2 Å². The molecule has 3 rings (SSSR count). The van der Waals surface area contributed by atoms with Crippen LogP contribution in [0.4, 0.5) is 0 Å². The molecule has 24 heavy (non-hydrogen) atoms.